The largest absolute Gasteiger partial charge is 0.442 e. The summed E-state index contributed by atoms with van der Waals surface area (Å²) in [5, 5.41) is 12.0. The molecule has 2 fully saturated rings. The van der Waals surface area contributed by atoms with Crippen LogP contribution in [0.2, 0.25) is 0 Å². The highest BCUT2D eigenvalue weighted by atomic mass is 32.1. The molecule has 1 unspecified atom stereocenters. The van der Waals surface area contributed by atoms with Crippen LogP contribution in [0.4, 0.5) is 4.79 Å². The first-order valence-corrected chi connectivity index (χ1v) is 21.9. The Morgan fingerprint density at radius 1 is 0.754 bits per heavy atom. The lowest BCUT2D eigenvalue weighted by molar-refractivity contribution is -0.134. The van der Waals surface area contributed by atoms with Crippen LogP contribution >= 0.6 is 11.3 Å². The Labute approximate surface area is 362 Å². The van der Waals surface area contributed by atoms with Gasteiger partial charge in [-0.2, -0.15) is 0 Å². The van der Waals surface area contributed by atoms with Crippen molar-refractivity contribution in [1.82, 2.24) is 36.1 Å². The van der Waals surface area contributed by atoms with Gasteiger partial charge in [-0.3, -0.25) is 24.0 Å². The van der Waals surface area contributed by atoms with Crippen molar-refractivity contribution in [2.45, 2.75) is 103 Å². The predicted octanol–water partition coefficient (Wildman–Crippen LogP) is 3.91. The van der Waals surface area contributed by atoms with Crippen molar-refractivity contribution in [3.8, 4) is 0 Å². The molecule has 2 saturated heterocycles. The van der Waals surface area contributed by atoms with Crippen molar-refractivity contribution in [3.05, 3.63) is 87.9 Å². The summed E-state index contributed by atoms with van der Waals surface area (Å²) in [6, 6.07) is 14.8. The van der Waals surface area contributed by atoms with Crippen LogP contribution < -0.4 is 21.3 Å². The molecule has 5 amide bonds. The van der Waals surface area contributed by atoms with Crippen LogP contribution in [0, 0.1) is 11.8 Å². The van der Waals surface area contributed by atoms with E-state index >= 15 is 0 Å². The lowest BCUT2D eigenvalue weighted by Crippen LogP contribution is -2.59. The molecule has 5 rings (SSSR count). The minimum Gasteiger partial charge on any atom is -0.442 e. The van der Waals surface area contributed by atoms with Crippen molar-refractivity contribution in [2.75, 3.05) is 39.8 Å². The number of aromatic nitrogens is 1. The number of benzene rings is 2. The summed E-state index contributed by atoms with van der Waals surface area (Å²) < 4.78 is 10.9. The fourth-order valence-electron chi connectivity index (χ4n) is 7.04. The Morgan fingerprint density at radius 3 is 1.90 bits per heavy atom. The van der Waals surface area contributed by atoms with E-state index in [1.165, 1.54) is 6.20 Å². The first-order valence-electron chi connectivity index (χ1n) is 21.1. The van der Waals surface area contributed by atoms with Crippen LogP contribution in [0.5, 0.6) is 0 Å². The molecule has 5 atom stereocenters. The third-order valence-corrected chi connectivity index (χ3v) is 11.7. The standard InChI is InChI=1S/C45H61N7O8S/c1-29(2)23-34(39(53)45(5)28-60-45)48-42(56)36(25-32-15-11-8-12-16-32)50-41(55)35(24-30(3)4)49-40(54)33(18-17-31-13-9-7-10-14-31)47-43(57)37-26-46-38(61-37)27-59-44(58)52-21-19-51(6)20-22-52/h7-16,26,29-30,33-36H,17-25,27-28H2,1-6H3,(H,47,57)(H,48,56)(H,49,54)(H,50,55)/t33-,34-,35-,36-,45?/m0/s1. The van der Waals surface area contributed by atoms with Crippen molar-refractivity contribution >= 4 is 46.8 Å². The number of rotatable bonds is 21. The van der Waals surface area contributed by atoms with Crippen LogP contribution in [0.25, 0.3) is 0 Å². The fourth-order valence-corrected chi connectivity index (χ4v) is 7.77. The van der Waals surface area contributed by atoms with Crippen LogP contribution in [-0.2, 0) is 48.1 Å². The van der Waals surface area contributed by atoms with Crippen LogP contribution in [0.15, 0.2) is 66.9 Å². The average Bonchev–Trinajstić information content (AvgIpc) is 3.81. The maximum atomic E-state index is 14.2. The number of epoxide rings is 1. The monoisotopic (exact) mass is 859 g/mol. The number of ether oxygens (including phenoxy) is 2. The molecule has 3 aromatic rings. The Kier molecular flexibility index (Phi) is 17.0. The molecule has 0 aliphatic carbocycles. The quantitative estimate of drug-likeness (QED) is 0.114. The molecule has 3 heterocycles. The summed E-state index contributed by atoms with van der Waals surface area (Å²) >= 11 is 1.06. The number of hydrogen-bond donors (Lipinski definition) is 4. The lowest BCUT2D eigenvalue weighted by atomic mass is 9.93. The molecule has 0 saturated carbocycles. The summed E-state index contributed by atoms with van der Waals surface area (Å²) in [5.41, 5.74) is 0.797. The summed E-state index contributed by atoms with van der Waals surface area (Å²) in [7, 11) is 1.99. The molecule has 0 spiro atoms. The van der Waals surface area contributed by atoms with Crippen LogP contribution in [-0.4, -0.2) is 120 Å². The summed E-state index contributed by atoms with van der Waals surface area (Å²) in [6.45, 7) is 12.3. The second kappa shape index (κ2) is 22.1. The number of nitrogens with zero attached hydrogens (tertiary/aromatic N) is 3. The van der Waals surface area contributed by atoms with E-state index in [1.807, 2.05) is 95.4 Å². The van der Waals surface area contributed by atoms with E-state index in [2.05, 4.69) is 31.2 Å². The molecule has 1 aromatic heterocycles. The molecule has 15 nitrogen and oxygen atoms in total. The average molecular weight is 860 g/mol. The van der Waals surface area contributed by atoms with Gasteiger partial charge >= 0.3 is 6.09 Å². The van der Waals surface area contributed by atoms with E-state index in [0.717, 1.165) is 35.6 Å². The van der Waals surface area contributed by atoms with Gasteiger partial charge in [0.15, 0.2) is 5.78 Å². The zero-order valence-corrected chi connectivity index (χ0v) is 36.9. The predicted molar refractivity (Wildman–Crippen MR) is 232 cm³/mol. The Bertz CT molecular complexity index is 1950. The molecular formula is C45H61N7O8S. The number of carbonyl (C=O) groups is 6. The van der Waals surface area contributed by atoms with Crippen molar-refractivity contribution in [1.29, 1.82) is 0 Å². The SMILES string of the molecule is CC(C)C[C@H](NC(=O)[C@H](CCc1ccccc1)NC(=O)c1cnc(COC(=O)N2CCN(C)CC2)s1)C(=O)N[C@@H](Cc1ccccc1)C(=O)N[C@@H](CC(C)C)C(=O)C1(C)CO1. The van der Waals surface area contributed by atoms with E-state index in [9.17, 15) is 28.8 Å². The number of ketones is 1. The number of amides is 5. The van der Waals surface area contributed by atoms with E-state index in [1.54, 1.807) is 11.8 Å². The molecule has 0 bridgehead atoms. The molecule has 2 aliphatic heterocycles. The van der Waals surface area contributed by atoms with E-state index in [-0.39, 0.29) is 55.0 Å². The second-order valence-electron chi connectivity index (χ2n) is 17.0. The highest BCUT2D eigenvalue weighted by Gasteiger charge is 2.50. The third kappa shape index (κ3) is 14.5. The Balaban J connectivity index is 1.29. The molecule has 0 radical (unpaired) electrons. The van der Waals surface area contributed by atoms with Gasteiger partial charge in [0.2, 0.25) is 17.7 Å². The summed E-state index contributed by atoms with van der Waals surface area (Å²) in [4.78, 5) is 90.5. The molecule has 61 heavy (non-hydrogen) atoms. The number of Topliss-reactive ketones (excluding diaryl/α,β-unsaturated/α-hetero) is 1. The van der Waals surface area contributed by atoms with E-state index in [0.29, 0.717) is 30.9 Å². The third-order valence-electron chi connectivity index (χ3n) is 10.7. The second-order valence-corrected chi connectivity index (χ2v) is 18.1. The topological polar surface area (TPSA) is 192 Å². The Hall–Kier alpha value is -5.19. The van der Waals surface area contributed by atoms with E-state index in [4.69, 9.17) is 9.47 Å². The Morgan fingerprint density at radius 2 is 1.30 bits per heavy atom. The van der Waals surface area contributed by atoms with Crippen LogP contribution in [0.1, 0.15) is 79.7 Å². The van der Waals surface area contributed by atoms with Crippen molar-refractivity contribution in [2.24, 2.45) is 11.8 Å². The van der Waals surface area contributed by atoms with Crippen molar-refractivity contribution < 1.29 is 38.2 Å². The molecular weight excluding hydrogens is 799 g/mol. The van der Waals surface area contributed by atoms with Gasteiger partial charge in [-0.1, -0.05) is 88.4 Å². The van der Waals surface area contributed by atoms with E-state index < -0.39 is 59.5 Å². The first kappa shape index (κ1) is 46.9. The van der Waals surface area contributed by atoms with Gasteiger partial charge in [-0.05, 0) is 62.6 Å². The van der Waals surface area contributed by atoms with Gasteiger partial charge in [-0.25, -0.2) is 9.78 Å². The molecule has 330 valence electrons. The number of hydrogen-bond acceptors (Lipinski definition) is 11. The van der Waals surface area contributed by atoms with Gasteiger partial charge < -0.3 is 40.5 Å². The van der Waals surface area contributed by atoms with Gasteiger partial charge in [0.1, 0.15) is 40.2 Å². The number of likely N-dealkylation sites (N-methyl/N-ethyl adjacent to an activating group) is 1. The zero-order valence-electron chi connectivity index (χ0n) is 36.1. The minimum atomic E-state index is -1.08. The van der Waals surface area contributed by atoms with Gasteiger partial charge in [0.25, 0.3) is 5.91 Å². The lowest BCUT2D eigenvalue weighted by Gasteiger charge is -2.31. The molecule has 4 N–H and O–H groups in total. The van der Waals surface area contributed by atoms with Gasteiger partial charge in [-0.15, -0.1) is 11.3 Å². The van der Waals surface area contributed by atoms with Gasteiger partial charge in [0.05, 0.1) is 18.8 Å². The number of nitrogens with one attached hydrogen (secondary N) is 4. The molecule has 2 aliphatic rings. The molecule has 16 heteroatoms. The number of carbonyl (C=O) groups excluding carboxylic acids is 6. The maximum Gasteiger partial charge on any atom is 0.410 e. The highest BCUT2D eigenvalue weighted by Crippen LogP contribution is 2.30. The zero-order chi connectivity index (χ0) is 44.1. The van der Waals surface area contributed by atoms with Crippen LogP contribution in [0.3, 0.4) is 0 Å². The van der Waals surface area contributed by atoms with Gasteiger partial charge in [0, 0.05) is 32.6 Å². The minimum absolute atomic E-state index is 0.0388. The van der Waals surface area contributed by atoms with Crippen molar-refractivity contribution in [3.63, 3.8) is 0 Å². The first-order chi connectivity index (χ1) is 29.1. The smallest absolute Gasteiger partial charge is 0.410 e. The maximum absolute atomic E-state index is 14.2. The summed E-state index contributed by atoms with van der Waals surface area (Å²) in [5.74, 6) is -2.37. The molecule has 2 aromatic carbocycles. The number of aryl methyl sites for hydroxylation is 1. The number of thiazole rings is 1. The number of piperazine rings is 1. The summed E-state index contributed by atoms with van der Waals surface area (Å²) in [6.07, 6.45) is 2.39. The highest BCUT2D eigenvalue weighted by molar-refractivity contribution is 7.13. The fraction of sp³-hybridized carbons (Fsp3) is 0.533. The normalized spacial score (nSPS) is 18.4.